The molecule has 0 fully saturated rings. The number of hydrogen-bond acceptors (Lipinski definition) is 3. The van der Waals surface area contributed by atoms with Gasteiger partial charge in [0.25, 0.3) is 0 Å². The minimum absolute atomic E-state index is 0.0359. The molecule has 24 heavy (non-hydrogen) atoms. The second kappa shape index (κ2) is 7.56. The van der Waals surface area contributed by atoms with E-state index in [1.165, 1.54) is 6.08 Å². The number of hydrogen-bond donors (Lipinski definition) is 1. The summed E-state index contributed by atoms with van der Waals surface area (Å²) in [5.41, 5.74) is 1.23. The molecule has 0 saturated heterocycles. The number of allylic oxidation sites excluding steroid dienone is 2. The summed E-state index contributed by atoms with van der Waals surface area (Å²) in [7, 11) is 0. The van der Waals surface area contributed by atoms with E-state index in [2.05, 4.69) is 5.32 Å². The normalized spacial score (nSPS) is 14.2. The molecule has 0 aromatic heterocycles. The highest BCUT2D eigenvalue weighted by Crippen LogP contribution is 2.24. The topological polar surface area (TPSA) is 63.2 Å². The third-order valence-corrected chi connectivity index (χ3v) is 4.12. The van der Waals surface area contributed by atoms with Crippen LogP contribution in [0.4, 0.5) is 0 Å². The van der Waals surface area contributed by atoms with Gasteiger partial charge in [-0.05, 0) is 25.3 Å². The fourth-order valence-corrected chi connectivity index (χ4v) is 2.64. The molecule has 0 saturated carbocycles. The number of Topliss-reactive ketones (excluding diaryl/α,β-unsaturated/α-hetero) is 1. The van der Waals surface area contributed by atoms with Crippen LogP contribution in [-0.4, -0.2) is 24.0 Å². The average Bonchev–Trinajstić information content (AvgIpc) is 2.54. The fraction of sp³-hybridized carbons (Fsp3) is 0.450. The lowest BCUT2D eigenvalue weighted by Crippen LogP contribution is -2.35. The van der Waals surface area contributed by atoms with Crippen LogP contribution < -0.4 is 5.32 Å². The van der Waals surface area contributed by atoms with Gasteiger partial charge in [-0.15, -0.1) is 0 Å². The van der Waals surface area contributed by atoms with Crippen molar-refractivity contribution in [1.29, 1.82) is 0 Å². The van der Waals surface area contributed by atoms with Crippen molar-refractivity contribution in [2.45, 2.75) is 46.5 Å². The number of rotatable bonds is 6. The van der Waals surface area contributed by atoms with Gasteiger partial charge in [0, 0.05) is 28.7 Å². The van der Waals surface area contributed by atoms with Gasteiger partial charge in [-0.25, -0.2) is 0 Å². The number of carbonyl (C=O) groups is 3. The Balaban J connectivity index is 1.77. The predicted molar refractivity (Wildman–Crippen MR) is 94.1 cm³/mol. The number of benzene rings is 1. The van der Waals surface area contributed by atoms with Gasteiger partial charge in [0.1, 0.15) is 0 Å². The minimum Gasteiger partial charge on any atom is -0.356 e. The third kappa shape index (κ3) is 4.40. The molecule has 0 bridgehead atoms. The van der Waals surface area contributed by atoms with Gasteiger partial charge in [0.05, 0.1) is 0 Å². The molecule has 1 aromatic carbocycles. The largest absolute Gasteiger partial charge is 0.356 e. The number of amides is 1. The Morgan fingerprint density at radius 3 is 2.33 bits per heavy atom. The molecule has 1 aliphatic rings. The number of unbranched alkanes of at least 4 members (excludes halogenated alkanes) is 2. The summed E-state index contributed by atoms with van der Waals surface area (Å²) in [6, 6.07) is 6.96. The van der Waals surface area contributed by atoms with Crippen molar-refractivity contribution < 1.29 is 14.4 Å². The van der Waals surface area contributed by atoms with Crippen molar-refractivity contribution in [1.82, 2.24) is 5.32 Å². The Morgan fingerprint density at radius 2 is 1.67 bits per heavy atom. The van der Waals surface area contributed by atoms with Crippen LogP contribution in [-0.2, 0) is 4.79 Å². The Labute approximate surface area is 143 Å². The molecule has 2 rings (SSSR count). The molecule has 0 radical (unpaired) electrons. The summed E-state index contributed by atoms with van der Waals surface area (Å²) in [6.07, 6.45) is 4.69. The number of fused-ring (bicyclic) bond motifs is 1. The molecule has 0 heterocycles. The summed E-state index contributed by atoms with van der Waals surface area (Å²) >= 11 is 0. The monoisotopic (exact) mass is 327 g/mol. The Morgan fingerprint density at radius 1 is 1.00 bits per heavy atom. The number of ketones is 2. The van der Waals surface area contributed by atoms with Crippen LogP contribution in [0, 0.1) is 5.41 Å². The summed E-state index contributed by atoms with van der Waals surface area (Å²) < 4.78 is 0. The second-order valence-electron chi connectivity index (χ2n) is 7.23. The van der Waals surface area contributed by atoms with Gasteiger partial charge in [-0.1, -0.05) is 51.5 Å². The Hall–Kier alpha value is -2.23. The molecule has 4 nitrogen and oxygen atoms in total. The highest BCUT2D eigenvalue weighted by atomic mass is 16.2. The van der Waals surface area contributed by atoms with E-state index in [1.807, 2.05) is 20.8 Å². The third-order valence-electron chi connectivity index (χ3n) is 4.12. The van der Waals surface area contributed by atoms with Gasteiger partial charge >= 0.3 is 0 Å². The van der Waals surface area contributed by atoms with Crippen molar-refractivity contribution in [2.75, 3.05) is 6.54 Å². The van der Waals surface area contributed by atoms with Crippen molar-refractivity contribution in [3.8, 4) is 0 Å². The van der Waals surface area contributed by atoms with Gasteiger partial charge in [0.15, 0.2) is 11.6 Å². The summed E-state index contributed by atoms with van der Waals surface area (Å²) in [4.78, 5) is 36.2. The van der Waals surface area contributed by atoms with Crippen LogP contribution in [0.1, 0.15) is 67.2 Å². The highest BCUT2D eigenvalue weighted by molar-refractivity contribution is 6.24. The SMILES string of the molecule is CC(C)(C)C(=O)NCCCCCC1=CC(=O)c2ccccc2C1=O. The van der Waals surface area contributed by atoms with E-state index in [9.17, 15) is 14.4 Å². The molecule has 0 atom stereocenters. The van der Waals surface area contributed by atoms with Gasteiger partial charge in [0.2, 0.25) is 5.91 Å². The lowest BCUT2D eigenvalue weighted by Gasteiger charge is -2.17. The standard InChI is InChI=1S/C20H25NO3/c1-20(2,3)19(24)21-12-8-4-5-9-14-13-17(22)15-10-6-7-11-16(15)18(14)23/h6-7,10-11,13H,4-5,8-9,12H2,1-3H3,(H,21,24). The molecule has 0 aliphatic heterocycles. The maximum absolute atomic E-state index is 12.4. The summed E-state index contributed by atoms with van der Waals surface area (Å²) in [6.45, 7) is 6.31. The van der Waals surface area contributed by atoms with Crippen LogP contribution in [0.25, 0.3) is 0 Å². The van der Waals surface area contributed by atoms with Crippen molar-refractivity contribution in [2.24, 2.45) is 5.41 Å². The predicted octanol–water partition coefficient (Wildman–Crippen LogP) is 3.71. The van der Waals surface area contributed by atoms with Crippen molar-refractivity contribution in [3.05, 3.63) is 47.0 Å². The molecule has 1 aliphatic carbocycles. The molecular formula is C20H25NO3. The van der Waals surface area contributed by atoms with Gasteiger partial charge in [-0.2, -0.15) is 0 Å². The van der Waals surface area contributed by atoms with E-state index in [0.717, 1.165) is 19.3 Å². The first-order valence-electron chi connectivity index (χ1n) is 8.47. The molecule has 1 aromatic rings. The first kappa shape index (κ1) is 18.1. The Bertz CT molecular complexity index is 680. The number of carbonyl (C=O) groups excluding carboxylic acids is 3. The van der Waals surface area contributed by atoms with E-state index in [1.54, 1.807) is 24.3 Å². The van der Waals surface area contributed by atoms with E-state index >= 15 is 0 Å². The van der Waals surface area contributed by atoms with Crippen molar-refractivity contribution >= 4 is 17.5 Å². The zero-order valence-corrected chi connectivity index (χ0v) is 14.6. The van der Waals surface area contributed by atoms with Gasteiger partial charge in [-0.3, -0.25) is 14.4 Å². The van der Waals surface area contributed by atoms with E-state index in [0.29, 0.717) is 29.7 Å². The molecule has 128 valence electrons. The molecule has 4 heteroatoms. The first-order valence-corrected chi connectivity index (χ1v) is 8.47. The first-order chi connectivity index (χ1) is 11.3. The zero-order valence-electron chi connectivity index (χ0n) is 14.6. The highest BCUT2D eigenvalue weighted by Gasteiger charge is 2.24. The van der Waals surface area contributed by atoms with Crippen LogP contribution in [0.5, 0.6) is 0 Å². The quantitative estimate of drug-likeness (QED) is 0.810. The van der Waals surface area contributed by atoms with Gasteiger partial charge < -0.3 is 5.32 Å². The lowest BCUT2D eigenvalue weighted by atomic mass is 9.87. The molecule has 1 N–H and O–H groups in total. The van der Waals surface area contributed by atoms with Crippen LogP contribution >= 0.6 is 0 Å². The van der Waals surface area contributed by atoms with Crippen LogP contribution in [0.2, 0.25) is 0 Å². The van der Waals surface area contributed by atoms with E-state index in [-0.39, 0.29) is 22.9 Å². The van der Waals surface area contributed by atoms with Crippen LogP contribution in [0.15, 0.2) is 35.9 Å². The smallest absolute Gasteiger partial charge is 0.225 e. The molecule has 1 amide bonds. The van der Waals surface area contributed by atoms with Crippen LogP contribution in [0.3, 0.4) is 0 Å². The summed E-state index contributed by atoms with van der Waals surface area (Å²) in [5.74, 6) is -0.0706. The second-order valence-corrected chi connectivity index (χ2v) is 7.23. The van der Waals surface area contributed by atoms with E-state index < -0.39 is 0 Å². The minimum atomic E-state index is -0.368. The van der Waals surface area contributed by atoms with E-state index in [4.69, 9.17) is 0 Å². The van der Waals surface area contributed by atoms with Crippen molar-refractivity contribution in [3.63, 3.8) is 0 Å². The zero-order chi connectivity index (χ0) is 17.7. The Kier molecular flexibility index (Phi) is 5.71. The number of nitrogens with one attached hydrogen (secondary N) is 1. The average molecular weight is 327 g/mol. The molecule has 0 unspecified atom stereocenters. The maximum Gasteiger partial charge on any atom is 0.225 e. The maximum atomic E-state index is 12.4. The lowest BCUT2D eigenvalue weighted by molar-refractivity contribution is -0.128. The summed E-state index contributed by atoms with van der Waals surface area (Å²) in [5, 5.41) is 2.92. The molecular weight excluding hydrogens is 302 g/mol. The molecule has 0 spiro atoms. The fourth-order valence-electron chi connectivity index (χ4n) is 2.64.